The predicted octanol–water partition coefficient (Wildman–Crippen LogP) is 3.08. The van der Waals surface area contributed by atoms with Crippen LogP contribution < -0.4 is 15.1 Å². The number of halogens is 3. The number of hydrogen-bond acceptors (Lipinski definition) is 5. The molecule has 0 bridgehead atoms. The molecule has 0 saturated heterocycles. The van der Waals surface area contributed by atoms with Gasteiger partial charge in [0.05, 0.1) is 36.4 Å². The van der Waals surface area contributed by atoms with Gasteiger partial charge in [0, 0.05) is 38.5 Å². The van der Waals surface area contributed by atoms with Crippen LogP contribution in [0.15, 0.2) is 30.6 Å². The van der Waals surface area contributed by atoms with E-state index in [-0.39, 0.29) is 18.0 Å². The fourth-order valence-electron chi connectivity index (χ4n) is 3.63. The molecule has 2 aromatic heterocycles. The maximum atomic E-state index is 13.4. The zero-order chi connectivity index (χ0) is 22.3. The van der Waals surface area contributed by atoms with Gasteiger partial charge >= 0.3 is 0 Å². The van der Waals surface area contributed by atoms with E-state index in [4.69, 9.17) is 0 Å². The second-order valence-electron chi connectivity index (χ2n) is 7.54. The van der Waals surface area contributed by atoms with E-state index in [1.54, 1.807) is 24.3 Å². The molecule has 3 aromatic rings. The number of rotatable bonds is 5. The van der Waals surface area contributed by atoms with Crippen molar-refractivity contribution in [3.8, 4) is 0 Å². The lowest BCUT2D eigenvalue weighted by Crippen LogP contribution is -2.42. The predicted molar refractivity (Wildman–Crippen MR) is 111 cm³/mol. The molecule has 1 N–H and O–H groups in total. The van der Waals surface area contributed by atoms with Gasteiger partial charge in [-0.3, -0.25) is 9.48 Å². The number of carbonyl (C=O) groups is 1. The number of anilines is 3. The number of pyridine rings is 1. The van der Waals surface area contributed by atoms with Gasteiger partial charge in [-0.2, -0.15) is 5.10 Å². The van der Waals surface area contributed by atoms with Gasteiger partial charge in [0.15, 0.2) is 17.5 Å². The van der Waals surface area contributed by atoms with Crippen molar-refractivity contribution < 1.29 is 18.0 Å². The van der Waals surface area contributed by atoms with Crippen molar-refractivity contribution in [1.82, 2.24) is 14.8 Å². The Morgan fingerprint density at radius 3 is 2.52 bits per heavy atom. The number of nitrogens with zero attached hydrogens (tertiary/aromatic N) is 5. The molecule has 0 aliphatic carbocycles. The largest absolute Gasteiger partial charge is 0.366 e. The summed E-state index contributed by atoms with van der Waals surface area (Å²) in [7, 11) is 3.60. The molecule has 1 amide bonds. The number of likely N-dealkylation sites (N-methyl/N-ethyl adjacent to an activating group) is 2. The molecule has 0 atom stereocenters. The van der Waals surface area contributed by atoms with Crippen LogP contribution in [0.5, 0.6) is 0 Å². The first-order valence-corrected chi connectivity index (χ1v) is 9.61. The van der Waals surface area contributed by atoms with Gasteiger partial charge in [0.1, 0.15) is 5.82 Å². The van der Waals surface area contributed by atoms with Crippen LogP contribution in [0.1, 0.15) is 16.8 Å². The molecule has 1 aliphatic heterocycles. The van der Waals surface area contributed by atoms with Gasteiger partial charge < -0.3 is 15.1 Å². The van der Waals surface area contributed by atoms with E-state index in [2.05, 4.69) is 15.4 Å². The Bertz CT molecular complexity index is 1140. The summed E-state index contributed by atoms with van der Waals surface area (Å²) in [4.78, 5) is 20.1. The van der Waals surface area contributed by atoms with E-state index in [1.807, 2.05) is 24.9 Å². The van der Waals surface area contributed by atoms with E-state index in [0.29, 0.717) is 18.9 Å². The van der Waals surface area contributed by atoms with Crippen LogP contribution >= 0.6 is 0 Å². The topological polar surface area (TPSA) is 66.3 Å². The van der Waals surface area contributed by atoms with Gasteiger partial charge in [-0.15, -0.1) is 0 Å². The van der Waals surface area contributed by atoms with Crippen molar-refractivity contribution in [1.29, 1.82) is 0 Å². The first-order chi connectivity index (χ1) is 14.7. The number of fused-ring (bicyclic) bond motifs is 1. The third kappa shape index (κ3) is 4.05. The average molecular weight is 430 g/mol. The molecule has 3 heterocycles. The third-order valence-corrected chi connectivity index (χ3v) is 5.19. The maximum Gasteiger partial charge on any atom is 0.246 e. The Labute approximate surface area is 177 Å². The Kier molecular flexibility index (Phi) is 5.30. The quantitative estimate of drug-likeness (QED) is 0.631. The monoisotopic (exact) mass is 430 g/mol. The zero-order valence-corrected chi connectivity index (χ0v) is 17.3. The zero-order valence-electron chi connectivity index (χ0n) is 17.3. The van der Waals surface area contributed by atoms with Crippen LogP contribution in [0.4, 0.5) is 30.4 Å². The summed E-state index contributed by atoms with van der Waals surface area (Å²) < 4.78 is 41.4. The van der Waals surface area contributed by atoms with Crippen molar-refractivity contribution in [2.75, 3.05) is 35.8 Å². The fraction of sp³-hybridized carbons (Fsp3) is 0.286. The summed E-state index contributed by atoms with van der Waals surface area (Å²) in [6.45, 7) is 2.68. The van der Waals surface area contributed by atoms with Crippen LogP contribution in [0.3, 0.4) is 0 Å². The third-order valence-electron chi connectivity index (χ3n) is 5.19. The van der Waals surface area contributed by atoms with E-state index < -0.39 is 17.5 Å². The normalized spacial score (nSPS) is 13.5. The highest BCUT2D eigenvalue weighted by Crippen LogP contribution is 2.36. The van der Waals surface area contributed by atoms with Crippen molar-refractivity contribution in [3.05, 3.63) is 64.9 Å². The molecule has 0 unspecified atom stereocenters. The van der Waals surface area contributed by atoms with Crippen LogP contribution in [0.25, 0.3) is 0 Å². The molecule has 0 spiro atoms. The van der Waals surface area contributed by atoms with Gasteiger partial charge in [0.2, 0.25) is 5.91 Å². The Morgan fingerprint density at radius 2 is 1.81 bits per heavy atom. The van der Waals surface area contributed by atoms with Gasteiger partial charge in [-0.1, -0.05) is 0 Å². The molecule has 1 aliphatic rings. The highest BCUT2D eigenvalue weighted by Gasteiger charge is 2.27. The SMILES string of the molecule is Cc1nc(NCc2cnn(Cc3cc(F)c(F)c(F)c3)c2)cc2c1N(C)C(=O)CN2C. The van der Waals surface area contributed by atoms with Crippen LogP contribution in [0, 0.1) is 24.4 Å². The van der Waals surface area contributed by atoms with E-state index >= 15 is 0 Å². The van der Waals surface area contributed by atoms with Gasteiger partial charge in [0.25, 0.3) is 0 Å². The summed E-state index contributed by atoms with van der Waals surface area (Å²) in [5.41, 5.74) is 3.54. The summed E-state index contributed by atoms with van der Waals surface area (Å²) in [5, 5.41) is 7.43. The van der Waals surface area contributed by atoms with Crippen LogP contribution in [-0.4, -0.2) is 41.3 Å². The van der Waals surface area contributed by atoms with E-state index in [9.17, 15) is 18.0 Å². The lowest BCUT2D eigenvalue weighted by Gasteiger charge is -2.34. The second kappa shape index (κ2) is 7.93. The lowest BCUT2D eigenvalue weighted by molar-refractivity contribution is -0.117. The van der Waals surface area contributed by atoms with Crippen molar-refractivity contribution in [3.63, 3.8) is 0 Å². The maximum absolute atomic E-state index is 13.4. The molecule has 7 nitrogen and oxygen atoms in total. The number of carbonyl (C=O) groups excluding carboxylic acids is 1. The fourth-order valence-corrected chi connectivity index (χ4v) is 3.63. The van der Waals surface area contributed by atoms with Gasteiger partial charge in [-0.25, -0.2) is 18.2 Å². The Balaban J connectivity index is 1.46. The summed E-state index contributed by atoms with van der Waals surface area (Å²) in [6.07, 6.45) is 3.36. The van der Waals surface area contributed by atoms with Crippen LogP contribution in [-0.2, 0) is 17.9 Å². The molecule has 10 heteroatoms. The minimum Gasteiger partial charge on any atom is -0.366 e. The average Bonchev–Trinajstić information content (AvgIpc) is 3.15. The molecule has 4 rings (SSSR count). The summed E-state index contributed by atoms with van der Waals surface area (Å²) in [5.74, 6) is -3.27. The summed E-state index contributed by atoms with van der Waals surface area (Å²) >= 11 is 0. The van der Waals surface area contributed by atoms with Crippen LogP contribution in [0.2, 0.25) is 0 Å². The highest BCUT2D eigenvalue weighted by atomic mass is 19.2. The van der Waals surface area contributed by atoms with E-state index in [1.165, 1.54) is 4.68 Å². The minimum atomic E-state index is -1.48. The van der Waals surface area contributed by atoms with Crippen molar-refractivity contribution >= 4 is 23.1 Å². The summed E-state index contributed by atoms with van der Waals surface area (Å²) in [6, 6.07) is 3.80. The number of hydrogen-bond donors (Lipinski definition) is 1. The first kappa shape index (κ1) is 20.7. The number of aryl methyl sites for hydroxylation is 1. The Morgan fingerprint density at radius 1 is 1.10 bits per heavy atom. The lowest BCUT2D eigenvalue weighted by atomic mass is 10.1. The molecular formula is C21H21F3N6O. The molecular weight excluding hydrogens is 409 g/mol. The number of nitrogens with one attached hydrogen (secondary N) is 1. The molecule has 162 valence electrons. The first-order valence-electron chi connectivity index (χ1n) is 9.61. The molecule has 0 radical (unpaired) electrons. The van der Waals surface area contributed by atoms with Gasteiger partial charge in [-0.05, 0) is 24.6 Å². The van der Waals surface area contributed by atoms with Crippen molar-refractivity contribution in [2.24, 2.45) is 0 Å². The number of benzene rings is 1. The molecule has 31 heavy (non-hydrogen) atoms. The smallest absolute Gasteiger partial charge is 0.246 e. The minimum absolute atomic E-state index is 0.00828. The second-order valence-corrected chi connectivity index (χ2v) is 7.54. The van der Waals surface area contributed by atoms with E-state index in [0.717, 1.165) is 34.8 Å². The molecule has 0 saturated carbocycles. The van der Waals surface area contributed by atoms with Crippen molar-refractivity contribution in [2.45, 2.75) is 20.0 Å². The molecule has 0 fully saturated rings. The molecule has 1 aromatic carbocycles. The number of amides is 1. The highest BCUT2D eigenvalue weighted by molar-refractivity contribution is 6.03. The standard InChI is InChI=1S/C21H21F3N6O/c1-12-21-17(28(2)11-19(31)29(21)3)6-18(27-12)25-7-14-8-26-30(10-14)9-13-4-15(22)20(24)16(23)5-13/h4-6,8,10H,7,9,11H2,1-3H3,(H,25,27). The number of aromatic nitrogens is 3. The Hall–Kier alpha value is -3.56.